The van der Waals surface area contributed by atoms with E-state index in [9.17, 15) is 9.18 Å². The number of aromatic nitrogens is 1. The molecular weight excluding hydrogens is 323 g/mol. The summed E-state index contributed by atoms with van der Waals surface area (Å²) >= 11 is 0. The summed E-state index contributed by atoms with van der Waals surface area (Å²) in [5.74, 6) is -0.377. The third-order valence-electron chi connectivity index (χ3n) is 3.87. The van der Waals surface area contributed by atoms with E-state index in [4.69, 9.17) is 9.63 Å². The van der Waals surface area contributed by atoms with Gasteiger partial charge in [0.15, 0.2) is 0 Å². The molecule has 0 atom stereocenters. The van der Waals surface area contributed by atoms with E-state index in [2.05, 4.69) is 10.5 Å². The van der Waals surface area contributed by atoms with Crippen LogP contribution in [0.15, 0.2) is 53.1 Å². The number of halogens is 1. The smallest absolute Gasteiger partial charge is 0.257 e. The molecule has 1 aromatic heterocycles. The first-order valence-electron chi connectivity index (χ1n) is 7.78. The molecule has 0 saturated carbocycles. The lowest BCUT2D eigenvalue weighted by atomic mass is 10.1. The van der Waals surface area contributed by atoms with Crippen LogP contribution in [-0.4, -0.2) is 16.2 Å². The molecule has 0 aliphatic carbocycles. The largest absolute Gasteiger partial charge is 0.392 e. The maximum Gasteiger partial charge on any atom is 0.257 e. The first kappa shape index (κ1) is 16.9. The maximum atomic E-state index is 13.4. The molecule has 1 amide bonds. The average molecular weight is 340 g/mol. The van der Waals surface area contributed by atoms with Crippen molar-refractivity contribution in [2.45, 2.75) is 20.1 Å². The van der Waals surface area contributed by atoms with Crippen molar-refractivity contribution in [2.24, 2.45) is 0 Å². The standard InChI is InChI=1S/C19H17FN2O3/c1-12-17(18(22-25-12)14-5-3-2-4-6-14)19(24)21-10-13-7-8-16(20)15(9-13)11-23/h2-9,23H,10-11H2,1H3,(H,21,24). The predicted octanol–water partition coefficient (Wildman–Crippen LogP) is 3.21. The van der Waals surface area contributed by atoms with E-state index < -0.39 is 12.4 Å². The van der Waals surface area contributed by atoms with E-state index in [-0.39, 0.29) is 18.0 Å². The van der Waals surface area contributed by atoms with E-state index in [1.165, 1.54) is 12.1 Å². The van der Waals surface area contributed by atoms with Crippen LogP contribution in [0.2, 0.25) is 0 Å². The quantitative estimate of drug-likeness (QED) is 0.748. The number of carbonyl (C=O) groups excluding carboxylic acids is 1. The molecule has 1 heterocycles. The van der Waals surface area contributed by atoms with E-state index in [1.54, 1.807) is 13.0 Å². The molecule has 25 heavy (non-hydrogen) atoms. The Morgan fingerprint density at radius 1 is 1.24 bits per heavy atom. The van der Waals surface area contributed by atoms with Gasteiger partial charge in [0.1, 0.15) is 22.8 Å². The van der Waals surface area contributed by atoms with Crippen LogP contribution in [0.4, 0.5) is 4.39 Å². The number of hydrogen-bond acceptors (Lipinski definition) is 4. The SMILES string of the molecule is Cc1onc(-c2ccccc2)c1C(=O)NCc1ccc(F)c(CO)c1. The molecule has 0 saturated heterocycles. The molecule has 128 valence electrons. The molecule has 0 bridgehead atoms. The van der Waals surface area contributed by atoms with E-state index in [1.807, 2.05) is 30.3 Å². The Labute approximate surface area is 144 Å². The van der Waals surface area contributed by atoms with Gasteiger partial charge in [0, 0.05) is 17.7 Å². The lowest BCUT2D eigenvalue weighted by molar-refractivity contribution is 0.0950. The van der Waals surface area contributed by atoms with Crippen molar-refractivity contribution in [3.63, 3.8) is 0 Å². The molecule has 2 aromatic carbocycles. The van der Waals surface area contributed by atoms with Gasteiger partial charge >= 0.3 is 0 Å². The first-order valence-corrected chi connectivity index (χ1v) is 7.78. The maximum absolute atomic E-state index is 13.4. The molecule has 0 fully saturated rings. The van der Waals surface area contributed by atoms with Crippen LogP contribution in [0.1, 0.15) is 27.2 Å². The number of benzene rings is 2. The average Bonchev–Trinajstić information content (AvgIpc) is 3.03. The van der Waals surface area contributed by atoms with Crippen molar-refractivity contribution in [1.29, 1.82) is 0 Å². The van der Waals surface area contributed by atoms with Gasteiger partial charge in [-0.2, -0.15) is 0 Å². The van der Waals surface area contributed by atoms with Crippen molar-refractivity contribution in [1.82, 2.24) is 10.5 Å². The topological polar surface area (TPSA) is 75.4 Å². The first-order chi connectivity index (χ1) is 12.1. The van der Waals surface area contributed by atoms with Gasteiger partial charge in [0.2, 0.25) is 0 Å². The summed E-state index contributed by atoms with van der Waals surface area (Å²) in [5, 5.41) is 15.9. The number of carbonyl (C=O) groups is 1. The number of rotatable bonds is 5. The van der Waals surface area contributed by atoms with Gasteiger partial charge < -0.3 is 14.9 Å². The highest BCUT2D eigenvalue weighted by molar-refractivity contribution is 6.00. The van der Waals surface area contributed by atoms with Crippen LogP contribution < -0.4 is 5.32 Å². The van der Waals surface area contributed by atoms with Crippen molar-refractivity contribution in [2.75, 3.05) is 0 Å². The van der Waals surface area contributed by atoms with Crippen molar-refractivity contribution in [3.8, 4) is 11.3 Å². The van der Waals surface area contributed by atoms with Gasteiger partial charge in [-0.3, -0.25) is 4.79 Å². The van der Waals surface area contributed by atoms with Crippen LogP contribution in [0.5, 0.6) is 0 Å². The summed E-state index contributed by atoms with van der Waals surface area (Å²) in [6.45, 7) is 1.48. The van der Waals surface area contributed by atoms with Gasteiger partial charge in [-0.15, -0.1) is 0 Å². The molecule has 3 rings (SSSR count). The summed E-state index contributed by atoms with van der Waals surface area (Å²) in [4.78, 5) is 12.6. The van der Waals surface area contributed by atoms with Crippen LogP contribution >= 0.6 is 0 Å². The Kier molecular flexibility index (Phi) is 4.90. The molecule has 3 aromatic rings. The third-order valence-corrected chi connectivity index (χ3v) is 3.87. The molecule has 0 spiro atoms. The number of nitrogens with zero attached hydrogens (tertiary/aromatic N) is 1. The molecular formula is C19H17FN2O3. The van der Waals surface area contributed by atoms with Crippen LogP contribution in [-0.2, 0) is 13.2 Å². The molecule has 0 aliphatic rings. The number of amides is 1. The van der Waals surface area contributed by atoms with Crippen LogP contribution in [0.25, 0.3) is 11.3 Å². The zero-order valence-electron chi connectivity index (χ0n) is 13.6. The lowest BCUT2D eigenvalue weighted by Crippen LogP contribution is -2.23. The van der Waals surface area contributed by atoms with Gasteiger partial charge in [-0.1, -0.05) is 41.6 Å². The summed E-state index contributed by atoms with van der Waals surface area (Å²) in [6.07, 6.45) is 0. The number of hydrogen-bond donors (Lipinski definition) is 2. The molecule has 6 heteroatoms. The Bertz CT molecular complexity index is 891. The second-order valence-electron chi connectivity index (χ2n) is 5.59. The summed E-state index contributed by atoms with van der Waals surface area (Å²) in [6, 6.07) is 13.6. The fourth-order valence-electron chi connectivity index (χ4n) is 2.56. The lowest BCUT2D eigenvalue weighted by Gasteiger charge is -2.08. The second kappa shape index (κ2) is 7.27. The minimum Gasteiger partial charge on any atom is -0.392 e. The molecule has 2 N–H and O–H groups in total. The van der Waals surface area contributed by atoms with Gasteiger partial charge in [0.25, 0.3) is 5.91 Å². The summed E-state index contributed by atoms with van der Waals surface area (Å²) in [5.41, 5.74) is 2.52. The van der Waals surface area contributed by atoms with Gasteiger partial charge in [-0.25, -0.2) is 4.39 Å². The van der Waals surface area contributed by atoms with Gasteiger partial charge in [-0.05, 0) is 24.6 Å². The Morgan fingerprint density at radius 2 is 2.00 bits per heavy atom. The van der Waals surface area contributed by atoms with Crippen molar-refractivity contribution < 1.29 is 18.8 Å². The number of nitrogens with one attached hydrogen (secondary N) is 1. The Hall–Kier alpha value is -2.99. The van der Waals surface area contributed by atoms with Crippen molar-refractivity contribution >= 4 is 5.91 Å². The van der Waals surface area contributed by atoms with Crippen LogP contribution in [0.3, 0.4) is 0 Å². The third kappa shape index (κ3) is 3.59. The number of aliphatic hydroxyl groups excluding tert-OH is 1. The summed E-state index contributed by atoms with van der Waals surface area (Å²) < 4.78 is 18.6. The highest BCUT2D eigenvalue weighted by Gasteiger charge is 2.21. The Morgan fingerprint density at radius 3 is 2.72 bits per heavy atom. The Balaban J connectivity index is 1.80. The van der Waals surface area contributed by atoms with Crippen LogP contribution in [0, 0.1) is 12.7 Å². The van der Waals surface area contributed by atoms with E-state index >= 15 is 0 Å². The minimum absolute atomic E-state index is 0.192. The second-order valence-corrected chi connectivity index (χ2v) is 5.59. The zero-order valence-corrected chi connectivity index (χ0v) is 13.6. The fourth-order valence-corrected chi connectivity index (χ4v) is 2.56. The van der Waals surface area contributed by atoms with Crippen molar-refractivity contribution in [3.05, 3.63) is 76.8 Å². The monoisotopic (exact) mass is 340 g/mol. The summed E-state index contributed by atoms with van der Waals surface area (Å²) in [7, 11) is 0. The highest BCUT2D eigenvalue weighted by atomic mass is 19.1. The van der Waals surface area contributed by atoms with E-state index in [0.29, 0.717) is 22.6 Å². The minimum atomic E-state index is -0.473. The highest BCUT2D eigenvalue weighted by Crippen LogP contribution is 2.25. The zero-order chi connectivity index (χ0) is 17.8. The number of aryl methyl sites for hydroxylation is 1. The molecule has 5 nitrogen and oxygen atoms in total. The normalized spacial score (nSPS) is 10.7. The molecule has 0 radical (unpaired) electrons. The van der Waals surface area contributed by atoms with E-state index in [0.717, 1.165) is 5.56 Å². The predicted molar refractivity (Wildman–Crippen MR) is 90.2 cm³/mol. The molecule has 0 aliphatic heterocycles. The van der Waals surface area contributed by atoms with Gasteiger partial charge in [0.05, 0.1) is 6.61 Å². The number of aliphatic hydroxyl groups is 1. The molecule has 0 unspecified atom stereocenters. The fraction of sp³-hybridized carbons (Fsp3) is 0.158.